The topological polar surface area (TPSA) is 37.3 Å². The van der Waals surface area contributed by atoms with Gasteiger partial charge in [0, 0.05) is 21.2 Å². The molecule has 0 radical (unpaired) electrons. The van der Waals surface area contributed by atoms with Crippen LogP contribution in [-0.4, -0.2) is 11.4 Å². The Kier molecular flexibility index (Phi) is 2.01. The summed E-state index contributed by atoms with van der Waals surface area (Å²) >= 11 is 5.64. The lowest BCUT2D eigenvalue weighted by Gasteiger charge is -1.96. The molecule has 0 aliphatic heterocycles. The van der Waals surface area contributed by atoms with E-state index < -0.39 is 0 Å². The van der Waals surface area contributed by atoms with Crippen molar-refractivity contribution in [3.8, 4) is 5.75 Å². The van der Waals surface area contributed by atoms with Crippen molar-refractivity contribution in [1.29, 1.82) is 0 Å². The Hall–Kier alpha value is -1.00. The fourth-order valence-electron chi connectivity index (χ4n) is 1.20. The highest BCUT2D eigenvalue weighted by Gasteiger charge is 2.06. The fraction of sp³-hybridized carbons (Fsp3) is 0. The predicted molar refractivity (Wildman–Crippen MR) is 56.1 cm³/mol. The summed E-state index contributed by atoms with van der Waals surface area (Å²) in [5.74, 6) is 0.143. The summed E-state index contributed by atoms with van der Waals surface area (Å²) in [6.45, 7) is 0. The highest BCUT2D eigenvalue weighted by atomic mass is 32.1. The molecule has 0 unspecified atom stereocenters. The van der Waals surface area contributed by atoms with Gasteiger partial charge in [-0.3, -0.25) is 4.79 Å². The number of hydrogen-bond acceptors (Lipinski definition) is 4. The van der Waals surface area contributed by atoms with E-state index in [0.717, 1.165) is 15.0 Å². The summed E-state index contributed by atoms with van der Waals surface area (Å²) in [6.07, 6.45) is 0.712. The van der Waals surface area contributed by atoms with Crippen molar-refractivity contribution in [2.45, 2.75) is 4.90 Å². The summed E-state index contributed by atoms with van der Waals surface area (Å²) in [5, 5.41) is 12.2. The van der Waals surface area contributed by atoms with Gasteiger partial charge in [-0.2, -0.15) is 0 Å². The number of thiophene rings is 1. The van der Waals surface area contributed by atoms with Crippen molar-refractivity contribution in [2.75, 3.05) is 0 Å². The van der Waals surface area contributed by atoms with E-state index in [4.69, 9.17) is 0 Å². The number of hydrogen-bond donors (Lipinski definition) is 2. The van der Waals surface area contributed by atoms with Gasteiger partial charge in [-0.05, 0) is 12.1 Å². The van der Waals surface area contributed by atoms with E-state index in [1.807, 2.05) is 5.38 Å². The fourth-order valence-corrected chi connectivity index (χ4v) is 2.44. The van der Waals surface area contributed by atoms with Crippen LogP contribution >= 0.6 is 24.0 Å². The molecule has 66 valence electrons. The highest BCUT2D eigenvalue weighted by Crippen LogP contribution is 2.35. The number of benzene rings is 1. The number of phenolic OH excluding ortho intramolecular Hbond substituents is 1. The van der Waals surface area contributed by atoms with Crippen LogP contribution in [0.1, 0.15) is 10.4 Å². The first-order valence-electron chi connectivity index (χ1n) is 3.60. The Bertz CT molecular complexity index is 474. The number of carbonyl (C=O) groups is 1. The Labute approximate surface area is 84.2 Å². The van der Waals surface area contributed by atoms with Crippen LogP contribution in [0, 0.1) is 0 Å². The first-order valence-corrected chi connectivity index (χ1v) is 4.93. The number of carbonyl (C=O) groups excluding carboxylic acids is 1. The predicted octanol–water partition coefficient (Wildman–Crippen LogP) is 2.71. The maximum Gasteiger partial charge on any atom is 0.150 e. The van der Waals surface area contributed by atoms with Gasteiger partial charge in [-0.15, -0.1) is 24.0 Å². The average Bonchev–Trinajstić information content (AvgIpc) is 2.48. The normalized spacial score (nSPS) is 10.5. The molecule has 2 rings (SSSR count). The van der Waals surface area contributed by atoms with Crippen molar-refractivity contribution in [3.05, 3.63) is 23.1 Å². The van der Waals surface area contributed by atoms with Crippen LogP contribution in [0.4, 0.5) is 0 Å². The van der Waals surface area contributed by atoms with Crippen molar-refractivity contribution in [3.63, 3.8) is 0 Å². The van der Waals surface area contributed by atoms with Crippen molar-refractivity contribution >= 4 is 40.3 Å². The van der Waals surface area contributed by atoms with E-state index in [1.165, 1.54) is 17.4 Å². The van der Waals surface area contributed by atoms with Crippen LogP contribution in [0.3, 0.4) is 0 Å². The minimum atomic E-state index is 0.143. The summed E-state index contributed by atoms with van der Waals surface area (Å²) in [6, 6.07) is 3.18. The molecule has 0 bridgehead atoms. The van der Waals surface area contributed by atoms with Crippen LogP contribution in [0.15, 0.2) is 22.4 Å². The Morgan fingerprint density at radius 3 is 2.92 bits per heavy atom. The molecule has 0 atom stereocenters. The minimum absolute atomic E-state index is 0.143. The van der Waals surface area contributed by atoms with Gasteiger partial charge in [-0.1, -0.05) is 0 Å². The van der Waals surface area contributed by atoms with Gasteiger partial charge < -0.3 is 5.11 Å². The molecule has 2 nitrogen and oxygen atoms in total. The maximum absolute atomic E-state index is 10.5. The summed E-state index contributed by atoms with van der Waals surface area (Å²) in [4.78, 5) is 11.3. The van der Waals surface area contributed by atoms with Gasteiger partial charge in [0.1, 0.15) is 12.0 Å². The van der Waals surface area contributed by atoms with Crippen LogP contribution in [0.2, 0.25) is 0 Å². The Morgan fingerprint density at radius 1 is 1.46 bits per heavy atom. The monoisotopic (exact) mass is 210 g/mol. The molecule has 0 spiro atoms. The SMILES string of the molecule is O=Cc1cc(O)c2scc(S)c2c1. The van der Waals surface area contributed by atoms with Crippen LogP contribution in [-0.2, 0) is 0 Å². The molecule has 0 aliphatic rings. The number of fused-ring (bicyclic) bond motifs is 1. The zero-order valence-corrected chi connectivity index (χ0v) is 8.23. The lowest BCUT2D eigenvalue weighted by Crippen LogP contribution is -1.78. The molecule has 0 saturated heterocycles. The van der Waals surface area contributed by atoms with Crippen LogP contribution in [0.25, 0.3) is 10.1 Å². The standard InChI is InChI=1S/C9H6O2S2/c10-3-5-1-6-8(12)4-13-9(6)7(11)2-5/h1-4,11-12H. The zero-order chi connectivity index (χ0) is 9.42. The minimum Gasteiger partial charge on any atom is -0.506 e. The van der Waals surface area contributed by atoms with Crippen molar-refractivity contribution in [2.24, 2.45) is 0 Å². The second kappa shape index (κ2) is 3.05. The van der Waals surface area contributed by atoms with Gasteiger partial charge in [0.05, 0.1) is 4.70 Å². The molecule has 0 aliphatic carbocycles. The summed E-state index contributed by atoms with van der Waals surface area (Å²) < 4.78 is 0.774. The third-order valence-electron chi connectivity index (χ3n) is 1.79. The van der Waals surface area contributed by atoms with E-state index >= 15 is 0 Å². The molecule has 0 amide bonds. The second-order valence-electron chi connectivity index (χ2n) is 2.66. The smallest absolute Gasteiger partial charge is 0.150 e. The second-order valence-corrected chi connectivity index (χ2v) is 4.02. The lowest BCUT2D eigenvalue weighted by atomic mass is 10.2. The lowest BCUT2D eigenvalue weighted by molar-refractivity contribution is 0.112. The Morgan fingerprint density at radius 2 is 2.23 bits per heavy atom. The molecular formula is C9H6O2S2. The van der Waals surface area contributed by atoms with E-state index in [0.29, 0.717) is 11.8 Å². The van der Waals surface area contributed by atoms with E-state index in [1.54, 1.807) is 6.07 Å². The number of rotatable bonds is 1. The van der Waals surface area contributed by atoms with Crippen molar-refractivity contribution in [1.82, 2.24) is 0 Å². The van der Waals surface area contributed by atoms with Gasteiger partial charge in [0.25, 0.3) is 0 Å². The largest absolute Gasteiger partial charge is 0.506 e. The van der Waals surface area contributed by atoms with Crippen LogP contribution in [0.5, 0.6) is 5.75 Å². The third-order valence-corrected chi connectivity index (χ3v) is 3.36. The van der Waals surface area contributed by atoms with E-state index in [2.05, 4.69) is 12.6 Å². The van der Waals surface area contributed by atoms with E-state index in [9.17, 15) is 9.90 Å². The van der Waals surface area contributed by atoms with Gasteiger partial charge >= 0.3 is 0 Å². The van der Waals surface area contributed by atoms with E-state index in [-0.39, 0.29) is 5.75 Å². The molecule has 1 aromatic carbocycles. The van der Waals surface area contributed by atoms with Crippen LogP contribution < -0.4 is 0 Å². The number of aldehydes is 1. The zero-order valence-electron chi connectivity index (χ0n) is 6.52. The summed E-state index contributed by atoms with van der Waals surface area (Å²) in [7, 11) is 0. The first-order chi connectivity index (χ1) is 6.22. The van der Waals surface area contributed by atoms with Gasteiger partial charge in [-0.25, -0.2) is 0 Å². The highest BCUT2D eigenvalue weighted by molar-refractivity contribution is 7.80. The average molecular weight is 210 g/mol. The molecule has 13 heavy (non-hydrogen) atoms. The maximum atomic E-state index is 10.5. The van der Waals surface area contributed by atoms with Gasteiger partial charge in [0.15, 0.2) is 0 Å². The molecule has 4 heteroatoms. The molecule has 1 heterocycles. The van der Waals surface area contributed by atoms with Gasteiger partial charge in [0.2, 0.25) is 0 Å². The number of phenols is 1. The number of thiol groups is 1. The van der Waals surface area contributed by atoms with Crippen molar-refractivity contribution < 1.29 is 9.90 Å². The molecule has 2 aromatic rings. The quantitative estimate of drug-likeness (QED) is 0.561. The molecule has 0 fully saturated rings. The first kappa shape index (κ1) is 8.59. The number of aromatic hydroxyl groups is 1. The molecule has 1 N–H and O–H groups in total. The Balaban J connectivity index is 2.87. The summed E-state index contributed by atoms with van der Waals surface area (Å²) in [5.41, 5.74) is 0.471. The molecule has 0 saturated carbocycles. The third kappa shape index (κ3) is 1.32. The molecular weight excluding hydrogens is 204 g/mol. The molecule has 1 aromatic heterocycles.